The molecule has 0 saturated carbocycles. The number of nitrogens with one attached hydrogen (secondary N) is 2. The number of carbonyl (C=O) groups excluding carboxylic acids is 1. The molecule has 2 amide bonds. The highest BCUT2D eigenvalue weighted by atomic mass is 35.5. The first-order valence-corrected chi connectivity index (χ1v) is 8.90. The van der Waals surface area contributed by atoms with Gasteiger partial charge in [0.05, 0.1) is 0 Å². The van der Waals surface area contributed by atoms with Gasteiger partial charge in [-0.05, 0) is 37.1 Å². The van der Waals surface area contributed by atoms with Crippen molar-refractivity contribution in [3.63, 3.8) is 0 Å². The Morgan fingerprint density at radius 3 is 2.39 bits per heavy atom. The van der Waals surface area contributed by atoms with Crippen molar-refractivity contribution in [3.05, 3.63) is 29.3 Å². The normalized spacial score (nSPS) is 11.3. The first-order chi connectivity index (χ1) is 11.2. The smallest absolute Gasteiger partial charge is 0.308 e. The maximum atomic E-state index is 12.1. The first-order valence-electron chi connectivity index (χ1n) is 8.52. The third-order valence-electron chi connectivity index (χ3n) is 3.44. The zero-order valence-corrected chi connectivity index (χ0v) is 15.0. The van der Waals surface area contributed by atoms with E-state index in [2.05, 4.69) is 29.5 Å². The molecule has 0 spiro atoms. The lowest BCUT2D eigenvalue weighted by Crippen LogP contribution is -2.34. The number of aliphatic imine (C=N–C) groups is 1. The van der Waals surface area contributed by atoms with Crippen LogP contribution < -0.4 is 10.6 Å². The van der Waals surface area contributed by atoms with E-state index in [4.69, 9.17) is 11.6 Å². The van der Waals surface area contributed by atoms with E-state index in [9.17, 15) is 4.79 Å². The highest BCUT2D eigenvalue weighted by Gasteiger charge is 2.06. The van der Waals surface area contributed by atoms with Crippen LogP contribution in [0.4, 0.5) is 10.5 Å². The van der Waals surface area contributed by atoms with Crippen molar-refractivity contribution in [2.75, 3.05) is 11.9 Å². The van der Waals surface area contributed by atoms with E-state index in [-0.39, 0.29) is 6.03 Å². The summed E-state index contributed by atoms with van der Waals surface area (Å²) in [6.45, 7) is 5.10. The van der Waals surface area contributed by atoms with Gasteiger partial charge in [0.2, 0.25) is 0 Å². The molecular weight excluding hydrogens is 310 g/mol. The monoisotopic (exact) mass is 337 g/mol. The summed E-state index contributed by atoms with van der Waals surface area (Å²) in [6.07, 6.45) is 7.63. The molecule has 0 aliphatic heterocycles. The van der Waals surface area contributed by atoms with E-state index >= 15 is 0 Å². The van der Waals surface area contributed by atoms with Crippen LogP contribution in [0.3, 0.4) is 0 Å². The number of hydrogen-bond donors (Lipinski definition) is 2. The summed E-state index contributed by atoms with van der Waals surface area (Å²) >= 11 is 5.84. The summed E-state index contributed by atoms with van der Waals surface area (Å²) in [7, 11) is 0. The molecule has 0 radical (unpaired) electrons. The molecule has 0 fully saturated rings. The highest BCUT2D eigenvalue weighted by molar-refractivity contribution is 6.30. The lowest BCUT2D eigenvalue weighted by atomic mass is 10.2. The molecule has 0 aliphatic carbocycles. The minimum absolute atomic E-state index is 0.254. The Labute approximate surface area is 144 Å². The zero-order valence-electron chi connectivity index (χ0n) is 14.2. The van der Waals surface area contributed by atoms with Crippen LogP contribution in [0.25, 0.3) is 0 Å². The van der Waals surface area contributed by atoms with Gasteiger partial charge >= 0.3 is 6.03 Å². The van der Waals surface area contributed by atoms with Gasteiger partial charge in [-0.25, -0.2) is 4.79 Å². The van der Waals surface area contributed by atoms with Crippen molar-refractivity contribution in [2.24, 2.45) is 4.99 Å². The second-order valence-corrected chi connectivity index (χ2v) is 6.02. The summed E-state index contributed by atoms with van der Waals surface area (Å²) in [5, 5.41) is 6.32. The van der Waals surface area contributed by atoms with E-state index in [0.717, 1.165) is 38.1 Å². The molecular formula is C18H28ClN3O. The maximum absolute atomic E-state index is 12.1. The Morgan fingerprint density at radius 1 is 1.04 bits per heavy atom. The third kappa shape index (κ3) is 9.24. The van der Waals surface area contributed by atoms with E-state index in [1.165, 1.54) is 19.3 Å². The SMILES string of the molecule is CCCCCCN=C(CCCC)NC(=O)Nc1ccc(Cl)cc1. The highest BCUT2D eigenvalue weighted by Crippen LogP contribution is 2.13. The lowest BCUT2D eigenvalue weighted by Gasteiger charge is -2.10. The molecule has 0 heterocycles. The van der Waals surface area contributed by atoms with Crippen LogP contribution in [-0.4, -0.2) is 18.4 Å². The zero-order chi connectivity index (χ0) is 16.9. The lowest BCUT2D eigenvalue weighted by molar-refractivity contribution is 0.256. The standard InChI is InChI=1S/C18H28ClN3O/c1-3-5-7-8-14-20-17(9-6-4-2)22-18(23)21-16-12-10-15(19)11-13-16/h10-13H,3-9,14H2,1-2H3,(H2,20,21,22,23). The second kappa shape index (κ2) is 11.9. The number of unbranched alkanes of at least 4 members (excludes halogenated alkanes) is 4. The van der Waals surface area contributed by atoms with Gasteiger partial charge in [0.15, 0.2) is 0 Å². The molecule has 1 aromatic carbocycles. The molecule has 0 aliphatic rings. The first kappa shape index (κ1) is 19.5. The number of anilines is 1. The summed E-state index contributed by atoms with van der Waals surface area (Å²) in [6, 6.07) is 6.79. The number of rotatable bonds is 9. The molecule has 0 atom stereocenters. The van der Waals surface area contributed by atoms with Gasteiger partial charge in [0, 0.05) is 23.7 Å². The Kier molecular flexibility index (Phi) is 10.1. The quantitative estimate of drug-likeness (QED) is 0.342. The van der Waals surface area contributed by atoms with Crippen LogP contribution in [0.1, 0.15) is 58.8 Å². The summed E-state index contributed by atoms with van der Waals surface area (Å²) in [5.74, 6) is 0.773. The van der Waals surface area contributed by atoms with Crippen molar-refractivity contribution in [3.8, 4) is 0 Å². The van der Waals surface area contributed by atoms with E-state index in [1.54, 1.807) is 24.3 Å². The average molecular weight is 338 g/mol. The Bertz CT molecular complexity index is 486. The van der Waals surface area contributed by atoms with Gasteiger partial charge in [0.25, 0.3) is 0 Å². The maximum Gasteiger partial charge on any atom is 0.324 e. The second-order valence-electron chi connectivity index (χ2n) is 5.58. The number of urea groups is 1. The Hall–Kier alpha value is -1.55. The molecule has 0 bridgehead atoms. The van der Waals surface area contributed by atoms with Crippen LogP contribution in [0.15, 0.2) is 29.3 Å². The number of nitrogens with zero attached hydrogens (tertiary/aromatic N) is 1. The number of halogens is 1. The predicted molar refractivity (Wildman–Crippen MR) is 99.6 cm³/mol. The van der Waals surface area contributed by atoms with E-state index in [1.807, 2.05) is 0 Å². The number of amidine groups is 1. The number of amides is 2. The molecule has 0 unspecified atom stereocenters. The summed E-state index contributed by atoms with van der Waals surface area (Å²) in [5.41, 5.74) is 0.713. The van der Waals surface area contributed by atoms with Crippen molar-refractivity contribution < 1.29 is 4.79 Å². The van der Waals surface area contributed by atoms with Crippen molar-refractivity contribution in [1.82, 2.24) is 5.32 Å². The van der Waals surface area contributed by atoms with Gasteiger partial charge in [-0.15, -0.1) is 0 Å². The molecule has 5 heteroatoms. The predicted octanol–water partition coefficient (Wildman–Crippen LogP) is 5.63. The molecule has 0 aromatic heterocycles. The molecule has 2 N–H and O–H groups in total. The Morgan fingerprint density at radius 2 is 1.74 bits per heavy atom. The minimum Gasteiger partial charge on any atom is -0.308 e. The van der Waals surface area contributed by atoms with Gasteiger partial charge in [-0.2, -0.15) is 0 Å². The molecule has 0 saturated heterocycles. The fourth-order valence-corrected chi connectivity index (χ4v) is 2.23. The number of benzene rings is 1. The third-order valence-corrected chi connectivity index (χ3v) is 3.69. The molecule has 128 valence electrons. The number of hydrogen-bond acceptors (Lipinski definition) is 2. The van der Waals surface area contributed by atoms with E-state index in [0.29, 0.717) is 10.7 Å². The Balaban J connectivity index is 2.48. The topological polar surface area (TPSA) is 53.5 Å². The average Bonchev–Trinajstić information content (AvgIpc) is 2.54. The van der Waals surface area contributed by atoms with E-state index < -0.39 is 0 Å². The number of carbonyl (C=O) groups is 1. The van der Waals surface area contributed by atoms with Gasteiger partial charge in [-0.3, -0.25) is 10.3 Å². The van der Waals surface area contributed by atoms with Crippen LogP contribution in [0, 0.1) is 0 Å². The largest absolute Gasteiger partial charge is 0.324 e. The van der Waals surface area contributed by atoms with Crippen LogP contribution in [-0.2, 0) is 0 Å². The van der Waals surface area contributed by atoms with Gasteiger partial charge in [0.1, 0.15) is 5.84 Å². The van der Waals surface area contributed by atoms with Gasteiger partial charge in [-0.1, -0.05) is 51.1 Å². The van der Waals surface area contributed by atoms with Crippen molar-refractivity contribution in [1.29, 1.82) is 0 Å². The van der Waals surface area contributed by atoms with Gasteiger partial charge < -0.3 is 5.32 Å². The fourth-order valence-electron chi connectivity index (χ4n) is 2.10. The van der Waals surface area contributed by atoms with Crippen LogP contribution >= 0.6 is 11.6 Å². The summed E-state index contributed by atoms with van der Waals surface area (Å²) in [4.78, 5) is 16.6. The molecule has 4 nitrogen and oxygen atoms in total. The molecule has 23 heavy (non-hydrogen) atoms. The molecule has 1 rings (SSSR count). The molecule has 1 aromatic rings. The van der Waals surface area contributed by atoms with Crippen molar-refractivity contribution >= 4 is 29.2 Å². The minimum atomic E-state index is -0.254. The fraction of sp³-hybridized carbons (Fsp3) is 0.556. The van der Waals surface area contributed by atoms with Crippen LogP contribution in [0.2, 0.25) is 5.02 Å². The van der Waals surface area contributed by atoms with Crippen LogP contribution in [0.5, 0.6) is 0 Å². The van der Waals surface area contributed by atoms with Crippen molar-refractivity contribution in [2.45, 2.75) is 58.8 Å². The summed E-state index contributed by atoms with van der Waals surface area (Å²) < 4.78 is 0.